The first-order valence-electron chi connectivity index (χ1n) is 7.74. The molecule has 1 aliphatic heterocycles. The van der Waals surface area contributed by atoms with Gasteiger partial charge in [0.2, 0.25) is 0 Å². The zero-order valence-electron chi connectivity index (χ0n) is 13.3. The Hall–Kier alpha value is -2.82. The SMILES string of the molecule is N=c1ccc2c(-c3c(Cl)ccc(Cl)c3C=O)c3ccc(N)cc3oc-2c1. The number of nitrogen functional groups attached to an aromatic ring is 1. The van der Waals surface area contributed by atoms with Gasteiger partial charge in [-0.2, -0.15) is 0 Å². The van der Waals surface area contributed by atoms with Gasteiger partial charge in [-0.3, -0.25) is 4.79 Å². The number of fused-ring (bicyclic) bond motifs is 2. The lowest BCUT2D eigenvalue weighted by Gasteiger charge is -2.18. The minimum atomic E-state index is 0.305. The Morgan fingerprint density at radius 2 is 1.73 bits per heavy atom. The molecule has 0 fully saturated rings. The van der Waals surface area contributed by atoms with Crippen LogP contribution in [0.2, 0.25) is 10.0 Å². The van der Waals surface area contributed by atoms with Gasteiger partial charge < -0.3 is 15.6 Å². The normalized spacial score (nSPS) is 11.2. The van der Waals surface area contributed by atoms with E-state index in [0.717, 1.165) is 16.5 Å². The molecular weight excluding hydrogens is 371 g/mol. The number of halogens is 2. The number of benzene rings is 3. The Morgan fingerprint density at radius 3 is 2.50 bits per heavy atom. The maximum Gasteiger partial charge on any atom is 0.152 e. The molecule has 0 amide bonds. The van der Waals surface area contributed by atoms with E-state index in [9.17, 15) is 4.79 Å². The van der Waals surface area contributed by atoms with Crippen molar-refractivity contribution in [2.45, 2.75) is 0 Å². The number of rotatable bonds is 2. The molecular formula is C20H12Cl2N2O2. The summed E-state index contributed by atoms with van der Waals surface area (Å²) in [6.45, 7) is 0. The van der Waals surface area contributed by atoms with Crippen LogP contribution in [0.1, 0.15) is 10.4 Å². The van der Waals surface area contributed by atoms with Crippen molar-refractivity contribution in [2.24, 2.45) is 0 Å². The molecule has 0 atom stereocenters. The van der Waals surface area contributed by atoms with Crippen molar-refractivity contribution in [2.75, 3.05) is 5.73 Å². The molecule has 2 aromatic carbocycles. The molecule has 4 nitrogen and oxygen atoms in total. The van der Waals surface area contributed by atoms with Gasteiger partial charge in [-0.05, 0) is 36.4 Å². The van der Waals surface area contributed by atoms with E-state index in [1.807, 2.05) is 6.07 Å². The van der Waals surface area contributed by atoms with Crippen LogP contribution in [0.25, 0.3) is 33.4 Å². The number of hydrogen-bond acceptors (Lipinski definition) is 4. The molecule has 6 heteroatoms. The second kappa shape index (κ2) is 6.16. The van der Waals surface area contributed by atoms with Gasteiger partial charge in [-0.25, -0.2) is 0 Å². The summed E-state index contributed by atoms with van der Waals surface area (Å²) in [5.41, 5.74) is 9.25. The summed E-state index contributed by atoms with van der Waals surface area (Å²) >= 11 is 12.7. The van der Waals surface area contributed by atoms with Gasteiger partial charge in [0, 0.05) is 50.5 Å². The summed E-state index contributed by atoms with van der Waals surface area (Å²) < 4.78 is 5.95. The lowest BCUT2D eigenvalue weighted by atomic mass is 9.91. The van der Waals surface area contributed by atoms with Gasteiger partial charge in [0.1, 0.15) is 11.3 Å². The first-order valence-corrected chi connectivity index (χ1v) is 8.49. The maximum atomic E-state index is 11.7. The smallest absolute Gasteiger partial charge is 0.152 e. The number of aldehydes is 1. The molecule has 0 unspecified atom stereocenters. The molecule has 1 heterocycles. The largest absolute Gasteiger partial charge is 0.456 e. The second-order valence-corrected chi connectivity index (χ2v) is 6.69. The van der Waals surface area contributed by atoms with Gasteiger partial charge in [0.05, 0.1) is 10.4 Å². The number of nitrogens with one attached hydrogen (secondary N) is 1. The molecule has 0 saturated heterocycles. The Morgan fingerprint density at radius 1 is 0.962 bits per heavy atom. The summed E-state index contributed by atoms with van der Waals surface area (Å²) in [6, 6.07) is 13.6. The zero-order valence-corrected chi connectivity index (χ0v) is 14.9. The highest BCUT2D eigenvalue weighted by Crippen LogP contribution is 2.45. The molecule has 4 rings (SSSR count). The van der Waals surface area contributed by atoms with Crippen molar-refractivity contribution in [3.8, 4) is 22.5 Å². The zero-order chi connectivity index (χ0) is 18.4. The van der Waals surface area contributed by atoms with Crippen LogP contribution in [0, 0.1) is 5.41 Å². The minimum absolute atomic E-state index is 0.305. The van der Waals surface area contributed by atoms with E-state index in [2.05, 4.69) is 0 Å². The van der Waals surface area contributed by atoms with Crippen LogP contribution >= 0.6 is 23.2 Å². The monoisotopic (exact) mass is 382 g/mol. The molecule has 0 bridgehead atoms. The van der Waals surface area contributed by atoms with E-state index in [4.69, 9.17) is 38.8 Å². The average Bonchev–Trinajstić information content (AvgIpc) is 2.61. The molecule has 3 N–H and O–H groups in total. The Labute approximate surface area is 158 Å². The molecule has 0 saturated carbocycles. The molecule has 128 valence electrons. The first kappa shape index (κ1) is 16.6. The van der Waals surface area contributed by atoms with Crippen LogP contribution in [0.15, 0.2) is 52.9 Å². The summed E-state index contributed by atoms with van der Waals surface area (Å²) in [4.78, 5) is 11.7. The standard InChI is InChI=1S/C20H12Cl2N2O2/c21-15-5-6-16(22)20(14(15)9-25)19-12-3-1-10(23)7-17(12)26-18-8-11(24)2-4-13(18)19/h1-9,23H,24H2. The van der Waals surface area contributed by atoms with Crippen molar-refractivity contribution in [1.29, 1.82) is 5.41 Å². The third-order valence-corrected chi connectivity index (χ3v) is 4.90. The number of anilines is 1. The van der Waals surface area contributed by atoms with Gasteiger partial charge in [-0.1, -0.05) is 23.2 Å². The fraction of sp³-hybridized carbons (Fsp3) is 0. The van der Waals surface area contributed by atoms with E-state index < -0.39 is 0 Å². The Kier molecular flexibility index (Phi) is 3.94. The quantitative estimate of drug-likeness (QED) is 0.277. The number of carbonyl (C=O) groups is 1. The second-order valence-electron chi connectivity index (χ2n) is 5.88. The van der Waals surface area contributed by atoms with Crippen molar-refractivity contribution >= 4 is 46.1 Å². The van der Waals surface area contributed by atoms with Crippen LogP contribution in [0.5, 0.6) is 0 Å². The van der Waals surface area contributed by atoms with Gasteiger partial charge in [0.25, 0.3) is 0 Å². The highest BCUT2D eigenvalue weighted by Gasteiger charge is 2.22. The topological polar surface area (TPSA) is 80.1 Å². The first-order chi connectivity index (χ1) is 12.5. The van der Waals surface area contributed by atoms with Crippen molar-refractivity contribution < 1.29 is 9.21 Å². The van der Waals surface area contributed by atoms with Crippen LogP contribution in [0.3, 0.4) is 0 Å². The third-order valence-electron chi connectivity index (χ3n) is 4.26. The number of carbonyl (C=O) groups excluding carboxylic acids is 1. The number of nitrogens with two attached hydrogens (primary N) is 1. The lowest BCUT2D eigenvalue weighted by molar-refractivity contribution is 0.112. The van der Waals surface area contributed by atoms with Gasteiger partial charge in [0.15, 0.2) is 6.29 Å². The maximum absolute atomic E-state index is 11.7. The summed E-state index contributed by atoms with van der Waals surface area (Å²) in [7, 11) is 0. The van der Waals surface area contributed by atoms with Crippen molar-refractivity contribution in [3.05, 3.63) is 69.5 Å². The van der Waals surface area contributed by atoms with Crippen molar-refractivity contribution in [3.63, 3.8) is 0 Å². The van der Waals surface area contributed by atoms with Gasteiger partial charge >= 0.3 is 0 Å². The van der Waals surface area contributed by atoms with E-state index in [1.54, 1.807) is 42.5 Å². The number of hydrogen-bond donors (Lipinski definition) is 2. The predicted molar refractivity (Wildman–Crippen MR) is 104 cm³/mol. The highest BCUT2D eigenvalue weighted by molar-refractivity contribution is 6.38. The molecule has 2 aromatic rings. The van der Waals surface area contributed by atoms with Crippen LogP contribution in [0.4, 0.5) is 5.69 Å². The van der Waals surface area contributed by atoms with Crippen molar-refractivity contribution in [1.82, 2.24) is 0 Å². The lowest BCUT2D eigenvalue weighted by Crippen LogP contribution is -2.01. The van der Waals surface area contributed by atoms with E-state index in [1.165, 1.54) is 0 Å². The molecule has 0 radical (unpaired) electrons. The fourth-order valence-corrected chi connectivity index (χ4v) is 3.57. The molecule has 0 aromatic heterocycles. The summed E-state index contributed by atoms with van der Waals surface area (Å²) in [5.74, 6) is 0.499. The summed E-state index contributed by atoms with van der Waals surface area (Å²) in [5, 5.41) is 9.64. The van der Waals surface area contributed by atoms with E-state index in [0.29, 0.717) is 49.8 Å². The molecule has 26 heavy (non-hydrogen) atoms. The van der Waals surface area contributed by atoms with Crippen LogP contribution < -0.4 is 11.1 Å². The Balaban J connectivity index is 2.27. The molecule has 1 aliphatic carbocycles. The summed E-state index contributed by atoms with van der Waals surface area (Å²) in [6.07, 6.45) is 0.696. The third kappa shape index (κ3) is 2.55. The van der Waals surface area contributed by atoms with Gasteiger partial charge in [-0.15, -0.1) is 0 Å². The molecule has 2 aliphatic rings. The van der Waals surface area contributed by atoms with Crippen LogP contribution in [-0.4, -0.2) is 6.29 Å². The predicted octanol–water partition coefficient (Wildman–Crippen LogP) is 5.39. The van der Waals surface area contributed by atoms with Crippen LogP contribution in [-0.2, 0) is 0 Å². The minimum Gasteiger partial charge on any atom is -0.456 e. The highest BCUT2D eigenvalue weighted by atomic mass is 35.5. The Bertz CT molecular complexity index is 1210. The van der Waals surface area contributed by atoms with E-state index in [-0.39, 0.29) is 0 Å². The average molecular weight is 383 g/mol. The fourth-order valence-electron chi connectivity index (χ4n) is 3.11. The van der Waals surface area contributed by atoms with E-state index >= 15 is 0 Å². The molecule has 0 spiro atoms.